The first-order valence-corrected chi connectivity index (χ1v) is 7.58. The number of hydrogen-bond donors (Lipinski definition) is 1. The van der Waals surface area contributed by atoms with E-state index in [-0.39, 0.29) is 11.8 Å². The Labute approximate surface area is 126 Å². The van der Waals surface area contributed by atoms with Gasteiger partial charge in [0.05, 0.1) is 0 Å². The van der Waals surface area contributed by atoms with Crippen molar-refractivity contribution in [2.45, 2.75) is 13.8 Å². The smallest absolute Gasteiger partial charge is 0.226 e. The number of carbonyl (C=O) groups is 1. The highest BCUT2D eigenvalue weighted by Crippen LogP contribution is 2.29. The van der Waals surface area contributed by atoms with E-state index in [2.05, 4.69) is 15.3 Å². The highest BCUT2D eigenvalue weighted by molar-refractivity contribution is 7.21. The van der Waals surface area contributed by atoms with Gasteiger partial charge in [-0.1, -0.05) is 25.2 Å². The van der Waals surface area contributed by atoms with Gasteiger partial charge >= 0.3 is 0 Å². The Morgan fingerprint density at radius 3 is 2.62 bits per heavy atom. The summed E-state index contributed by atoms with van der Waals surface area (Å²) in [5, 5.41) is 3.81. The van der Waals surface area contributed by atoms with Gasteiger partial charge in [-0.2, -0.15) is 0 Å². The minimum atomic E-state index is -0.0278. The Balaban J connectivity index is 1.85. The van der Waals surface area contributed by atoms with E-state index < -0.39 is 0 Å². The molecule has 1 amide bonds. The lowest BCUT2D eigenvalue weighted by Crippen LogP contribution is -2.17. The number of pyridine rings is 1. The van der Waals surface area contributed by atoms with Crippen molar-refractivity contribution in [2.24, 2.45) is 5.92 Å². The molecule has 21 heavy (non-hydrogen) atoms. The van der Waals surface area contributed by atoms with Gasteiger partial charge in [-0.05, 0) is 36.4 Å². The summed E-state index contributed by atoms with van der Waals surface area (Å²) in [6, 6.07) is 11.6. The van der Waals surface area contributed by atoms with Gasteiger partial charge in [0.25, 0.3) is 0 Å². The summed E-state index contributed by atoms with van der Waals surface area (Å²) in [5.74, 6) is -0.00745. The lowest BCUT2D eigenvalue weighted by Gasteiger charge is -2.07. The van der Waals surface area contributed by atoms with Crippen LogP contribution in [0.5, 0.6) is 0 Å². The van der Waals surface area contributed by atoms with Gasteiger partial charge in [0.2, 0.25) is 5.91 Å². The van der Waals surface area contributed by atoms with Gasteiger partial charge in [0, 0.05) is 23.4 Å². The van der Waals surface area contributed by atoms with Gasteiger partial charge in [-0.15, -0.1) is 0 Å². The number of anilines is 1. The van der Waals surface area contributed by atoms with E-state index in [1.54, 1.807) is 17.5 Å². The number of benzene rings is 1. The van der Waals surface area contributed by atoms with E-state index in [1.165, 1.54) is 0 Å². The third kappa shape index (κ3) is 2.92. The third-order valence-corrected chi connectivity index (χ3v) is 4.12. The van der Waals surface area contributed by atoms with Crippen LogP contribution in [0.25, 0.3) is 20.9 Å². The van der Waals surface area contributed by atoms with Crippen molar-refractivity contribution in [1.29, 1.82) is 0 Å². The van der Waals surface area contributed by atoms with Crippen molar-refractivity contribution in [3.05, 3.63) is 42.6 Å². The topological polar surface area (TPSA) is 54.9 Å². The average molecular weight is 297 g/mol. The molecule has 0 bridgehead atoms. The Bertz CT molecular complexity index is 745. The molecule has 0 unspecified atom stereocenters. The molecular weight excluding hydrogens is 282 g/mol. The number of thiazole rings is 1. The molecule has 0 spiro atoms. The quantitative estimate of drug-likeness (QED) is 0.796. The van der Waals surface area contributed by atoms with Crippen molar-refractivity contribution in [1.82, 2.24) is 9.97 Å². The van der Waals surface area contributed by atoms with Gasteiger partial charge in [-0.25, -0.2) is 9.97 Å². The average Bonchev–Trinajstić information content (AvgIpc) is 2.91. The zero-order valence-corrected chi connectivity index (χ0v) is 12.6. The molecule has 2 aromatic heterocycles. The van der Waals surface area contributed by atoms with Crippen LogP contribution in [0, 0.1) is 5.92 Å². The molecule has 4 nitrogen and oxygen atoms in total. The number of carbonyl (C=O) groups excluding carboxylic acids is 1. The summed E-state index contributed by atoms with van der Waals surface area (Å²) in [7, 11) is 0. The molecule has 0 saturated carbocycles. The minimum absolute atomic E-state index is 0.0203. The van der Waals surface area contributed by atoms with Crippen molar-refractivity contribution in [2.75, 3.05) is 5.32 Å². The fourth-order valence-corrected chi connectivity index (χ4v) is 2.79. The van der Waals surface area contributed by atoms with Crippen molar-refractivity contribution in [3.8, 4) is 10.6 Å². The SMILES string of the molecule is CC(C)C(=O)Nc1ccc(-c2nc3cccnc3s2)cc1. The molecular formula is C16H15N3OS. The molecule has 1 N–H and O–H groups in total. The van der Waals surface area contributed by atoms with Crippen LogP contribution in [0.1, 0.15) is 13.8 Å². The first-order valence-electron chi connectivity index (χ1n) is 6.76. The highest BCUT2D eigenvalue weighted by atomic mass is 32.1. The molecule has 0 atom stereocenters. The van der Waals surface area contributed by atoms with Crippen LogP contribution < -0.4 is 5.32 Å². The molecule has 5 heteroatoms. The number of nitrogens with zero attached hydrogens (tertiary/aromatic N) is 2. The van der Waals surface area contributed by atoms with Crippen LogP contribution in [-0.4, -0.2) is 15.9 Å². The number of aromatic nitrogens is 2. The summed E-state index contributed by atoms with van der Waals surface area (Å²) in [6.07, 6.45) is 1.77. The second kappa shape index (κ2) is 5.61. The standard InChI is InChI=1S/C16H15N3OS/c1-10(2)14(20)18-12-7-5-11(6-8-12)15-19-13-4-3-9-17-16(13)21-15/h3-10H,1-2H3,(H,18,20). The van der Waals surface area contributed by atoms with Crippen LogP contribution in [0.3, 0.4) is 0 Å². The monoisotopic (exact) mass is 297 g/mol. The summed E-state index contributed by atoms with van der Waals surface area (Å²) >= 11 is 1.57. The lowest BCUT2D eigenvalue weighted by atomic mass is 10.2. The van der Waals surface area contributed by atoms with E-state index in [4.69, 9.17) is 0 Å². The van der Waals surface area contributed by atoms with Crippen LogP contribution in [0.4, 0.5) is 5.69 Å². The molecule has 3 rings (SSSR count). The van der Waals surface area contributed by atoms with Crippen molar-refractivity contribution in [3.63, 3.8) is 0 Å². The van der Waals surface area contributed by atoms with Crippen molar-refractivity contribution >= 4 is 33.3 Å². The maximum absolute atomic E-state index is 11.7. The predicted molar refractivity (Wildman–Crippen MR) is 86.3 cm³/mol. The number of amides is 1. The van der Waals surface area contributed by atoms with E-state index in [9.17, 15) is 4.79 Å². The lowest BCUT2D eigenvalue weighted by molar-refractivity contribution is -0.118. The van der Waals surface area contributed by atoms with Crippen LogP contribution in [0.15, 0.2) is 42.6 Å². The van der Waals surface area contributed by atoms with Gasteiger partial charge in [-0.3, -0.25) is 4.79 Å². The molecule has 1 aromatic carbocycles. The molecule has 2 heterocycles. The number of rotatable bonds is 3. The maximum atomic E-state index is 11.7. The Kier molecular flexibility index (Phi) is 3.66. The van der Waals surface area contributed by atoms with E-state index >= 15 is 0 Å². The van der Waals surface area contributed by atoms with E-state index in [0.717, 1.165) is 26.6 Å². The summed E-state index contributed by atoms with van der Waals surface area (Å²) in [6.45, 7) is 3.75. The molecule has 3 aromatic rings. The van der Waals surface area contributed by atoms with Crippen LogP contribution >= 0.6 is 11.3 Å². The largest absolute Gasteiger partial charge is 0.326 e. The second-order valence-corrected chi connectivity index (χ2v) is 6.05. The molecule has 106 valence electrons. The zero-order valence-electron chi connectivity index (χ0n) is 11.8. The number of fused-ring (bicyclic) bond motifs is 1. The molecule has 0 aliphatic carbocycles. The first-order chi connectivity index (χ1) is 10.1. The fourth-order valence-electron chi connectivity index (χ4n) is 1.88. The Morgan fingerprint density at radius 1 is 1.19 bits per heavy atom. The summed E-state index contributed by atoms with van der Waals surface area (Å²) in [4.78, 5) is 21.5. The molecule has 0 fully saturated rings. The summed E-state index contributed by atoms with van der Waals surface area (Å²) < 4.78 is 0. The van der Waals surface area contributed by atoms with E-state index in [0.29, 0.717) is 0 Å². The van der Waals surface area contributed by atoms with Crippen molar-refractivity contribution < 1.29 is 4.79 Å². The van der Waals surface area contributed by atoms with Gasteiger partial charge in [0.1, 0.15) is 15.4 Å². The molecule has 0 aliphatic heterocycles. The number of nitrogens with one attached hydrogen (secondary N) is 1. The number of hydrogen-bond acceptors (Lipinski definition) is 4. The van der Waals surface area contributed by atoms with Crippen LogP contribution in [0.2, 0.25) is 0 Å². The fraction of sp³-hybridized carbons (Fsp3) is 0.188. The highest BCUT2D eigenvalue weighted by Gasteiger charge is 2.09. The van der Waals surface area contributed by atoms with Crippen LogP contribution in [-0.2, 0) is 4.79 Å². The van der Waals surface area contributed by atoms with Gasteiger partial charge < -0.3 is 5.32 Å². The second-order valence-electron chi connectivity index (χ2n) is 5.07. The summed E-state index contributed by atoms with van der Waals surface area (Å²) in [5.41, 5.74) is 2.74. The van der Waals surface area contributed by atoms with Gasteiger partial charge in [0.15, 0.2) is 0 Å². The maximum Gasteiger partial charge on any atom is 0.226 e. The molecule has 0 aliphatic rings. The van der Waals surface area contributed by atoms with E-state index in [1.807, 2.05) is 50.2 Å². The normalized spacial score (nSPS) is 11.0. The first kappa shape index (κ1) is 13.7. The Morgan fingerprint density at radius 2 is 1.95 bits per heavy atom. The molecule has 0 radical (unpaired) electrons. The minimum Gasteiger partial charge on any atom is -0.326 e. The predicted octanol–water partition coefficient (Wildman–Crippen LogP) is 3.95. The molecule has 0 saturated heterocycles. The Hall–Kier alpha value is -2.27. The third-order valence-electron chi connectivity index (χ3n) is 3.09. The zero-order chi connectivity index (χ0) is 14.8.